The Kier molecular flexibility index (Phi) is 3.80. The summed E-state index contributed by atoms with van der Waals surface area (Å²) in [5.41, 5.74) is 0. The minimum atomic E-state index is -1.80. The second-order valence-corrected chi connectivity index (χ2v) is 1.91. The van der Waals surface area contributed by atoms with E-state index in [0.29, 0.717) is 0 Å². The third kappa shape index (κ3) is 4.41. The molecule has 0 aliphatic carbocycles. The van der Waals surface area contributed by atoms with Crippen molar-refractivity contribution in [1.29, 1.82) is 0 Å². The van der Waals surface area contributed by atoms with E-state index in [4.69, 9.17) is 15.2 Å². The Balaban J connectivity index is 3.38. The molecular weight excluding hydrogens is 123 g/mol. The zero-order valence-corrected chi connectivity index (χ0v) is 5.48. The standard InChI is InChI=1S/C4H11BO4/c1-3(6)4(2)9-5(7)8/h3-4,6-8H,1-2H3. The van der Waals surface area contributed by atoms with Crippen LogP contribution in [0.25, 0.3) is 0 Å². The normalized spacial score (nSPS) is 17.0. The van der Waals surface area contributed by atoms with Crippen molar-refractivity contribution in [1.82, 2.24) is 0 Å². The van der Waals surface area contributed by atoms with Crippen LogP contribution in [-0.2, 0) is 4.65 Å². The van der Waals surface area contributed by atoms with Crippen LogP contribution in [0, 0.1) is 0 Å². The maximum absolute atomic E-state index is 8.72. The highest BCUT2D eigenvalue weighted by atomic mass is 16.6. The minimum Gasteiger partial charge on any atom is -0.402 e. The molecule has 0 fully saturated rings. The summed E-state index contributed by atoms with van der Waals surface area (Å²) >= 11 is 0. The molecule has 0 aliphatic rings. The van der Waals surface area contributed by atoms with Crippen LogP contribution in [0.5, 0.6) is 0 Å². The Morgan fingerprint density at radius 2 is 1.78 bits per heavy atom. The van der Waals surface area contributed by atoms with E-state index in [1.807, 2.05) is 0 Å². The summed E-state index contributed by atoms with van der Waals surface area (Å²) in [7, 11) is -1.80. The van der Waals surface area contributed by atoms with Gasteiger partial charge in [-0.25, -0.2) is 0 Å². The first-order chi connectivity index (χ1) is 4.04. The second kappa shape index (κ2) is 3.84. The van der Waals surface area contributed by atoms with Gasteiger partial charge in [-0.05, 0) is 13.8 Å². The van der Waals surface area contributed by atoms with E-state index in [-0.39, 0.29) is 0 Å². The molecule has 2 atom stereocenters. The number of hydrogen-bond donors (Lipinski definition) is 3. The van der Waals surface area contributed by atoms with E-state index in [1.165, 1.54) is 6.92 Å². The summed E-state index contributed by atoms with van der Waals surface area (Å²) in [5, 5.41) is 25.1. The first-order valence-corrected chi connectivity index (χ1v) is 2.73. The monoisotopic (exact) mass is 134 g/mol. The van der Waals surface area contributed by atoms with Gasteiger partial charge >= 0.3 is 7.32 Å². The van der Waals surface area contributed by atoms with Crippen LogP contribution in [0.15, 0.2) is 0 Å². The molecule has 4 nitrogen and oxygen atoms in total. The number of aliphatic hydroxyl groups excluding tert-OH is 1. The van der Waals surface area contributed by atoms with Gasteiger partial charge in [0.2, 0.25) is 0 Å². The summed E-state index contributed by atoms with van der Waals surface area (Å²) < 4.78 is 4.37. The topological polar surface area (TPSA) is 69.9 Å². The van der Waals surface area contributed by atoms with Gasteiger partial charge in [0.25, 0.3) is 0 Å². The molecule has 0 amide bonds. The zero-order valence-electron chi connectivity index (χ0n) is 5.48. The van der Waals surface area contributed by atoms with Crippen molar-refractivity contribution in [2.75, 3.05) is 0 Å². The molecule has 0 bridgehead atoms. The van der Waals surface area contributed by atoms with E-state index in [0.717, 1.165) is 0 Å². The van der Waals surface area contributed by atoms with Crippen LogP contribution < -0.4 is 0 Å². The molecule has 0 aromatic heterocycles. The number of hydrogen-bond acceptors (Lipinski definition) is 4. The maximum atomic E-state index is 8.72. The molecular formula is C4H11BO4. The summed E-state index contributed by atoms with van der Waals surface area (Å²) in [6, 6.07) is 0. The van der Waals surface area contributed by atoms with Gasteiger partial charge in [-0.1, -0.05) is 0 Å². The largest absolute Gasteiger partial charge is 0.634 e. The molecule has 0 rings (SSSR count). The molecule has 9 heavy (non-hydrogen) atoms. The van der Waals surface area contributed by atoms with Gasteiger partial charge in [0, 0.05) is 0 Å². The predicted octanol–water partition coefficient (Wildman–Crippen LogP) is -1.26. The lowest BCUT2D eigenvalue weighted by molar-refractivity contribution is 0.0286. The maximum Gasteiger partial charge on any atom is 0.634 e. The Morgan fingerprint density at radius 1 is 1.33 bits per heavy atom. The molecule has 0 aromatic carbocycles. The summed E-state index contributed by atoms with van der Waals surface area (Å²) in [5.74, 6) is 0. The molecule has 54 valence electrons. The minimum absolute atomic E-state index is 0.551. The highest BCUT2D eigenvalue weighted by molar-refractivity contribution is 6.32. The van der Waals surface area contributed by atoms with Gasteiger partial charge in [-0.2, -0.15) is 0 Å². The molecule has 0 heterocycles. The van der Waals surface area contributed by atoms with Crippen molar-refractivity contribution in [3.8, 4) is 0 Å². The number of rotatable bonds is 3. The Labute approximate surface area is 54.3 Å². The fourth-order valence-corrected chi connectivity index (χ4v) is 0.306. The van der Waals surface area contributed by atoms with Gasteiger partial charge < -0.3 is 19.8 Å². The Bertz CT molecular complexity index is 75.0. The molecule has 2 unspecified atom stereocenters. The van der Waals surface area contributed by atoms with Crippen LogP contribution in [0.2, 0.25) is 0 Å². The van der Waals surface area contributed by atoms with E-state index in [2.05, 4.69) is 4.65 Å². The average Bonchev–Trinajstić information content (AvgIpc) is 1.63. The SMILES string of the molecule is CC(O)C(C)OB(O)O. The lowest BCUT2D eigenvalue weighted by atomic mass is 10.2. The first-order valence-electron chi connectivity index (χ1n) is 2.73. The van der Waals surface area contributed by atoms with Crippen molar-refractivity contribution in [2.24, 2.45) is 0 Å². The fraction of sp³-hybridized carbons (Fsp3) is 1.00. The van der Waals surface area contributed by atoms with E-state index >= 15 is 0 Å². The highest BCUT2D eigenvalue weighted by Gasteiger charge is 2.17. The summed E-state index contributed by atoms with van der Waals surface area (Å²) in [6.45, 7) is 3.05. The van der Waals surface area contributed by atoms with Crippen LogP contribution in [0.4, 0.5) is 0 Å². The Morgan fingerprint density at radius 3 is 1.89 bits per heavy atom. The molecule has 0 saturated heterocycles. The third-order valence-electron chi connectivity index (χ3n) is 1.02. The molecule has 0 aliphatic heterocycles. The van der Waals surface area contributed by atoms with Gasteiger partial charge in [0.1, 0.15) is 0 Å². The van der Waals surface area contributed by atoms with Crippen molar-refractivity contribution < 1.29 is 19.8 Å². The van der Waals surface area contributed by atoms with E-state index in [1.54, 1.807) is 6.92 Å². The van der Waals surface area contributed by atoms with E-state index < -0.39 is 19.5 Å². The highest BCUT2D eigenvalue weighted by Crippen LogP contribution is 1.96. The molecule has 0 radical (unpaired) electrons. The molecule has 0 saturated carbocycles. The predicted molar refractivity (Wildman–Crippen MR) is 32.4 cm³/mol. The van der Waals surface area contributed by atoms with Crippen LogP contribution >= 0.6 is 0 Å². The van der Waals surface area contributed by atoms with Crippen LogP contribution in [0.3, 0.4) is 0 Å². The summed E-state index contributed by atoms with van der Waals surface area (Å²) in [4.78, 5) is 0. The van der Waals surface area contributed by atoms with Gasteiger partial charge in [-0.15, -0.1) is 0 Å². The van der Waals surface area contributed by atoms with Crippen LogP contribution in [0.1, 0.15) is 13.8 Å². The van der Waals surface area contributed by atoms with Gasteiger partial charge in [0.05, 0.1) is 12.2 Å². The van der Waals surface area contributed by atoms with Crippen molar-refractivity contribution >= 4 is 7.32 Å². The van der Waals surface area contributed by atoms with Crippen molar-refractivity contribution in [3.05, 3.63) is 0 Å². The van der Waals surface area contributed by atoms with Crippen LogP contribution in [-0.4, -0.2) is 34.7 Å². The van der Waals surface area contributed by atoms with Crippen molar-refractivity contribution in [3.63, 3.8) is 0 Å². The van der Waals surface area contributed by atoms with Crippen molar-refractivity contribution in [2.45, 2.75) is 26.1 Å². The van der Waals surface area contributed by atoms with Gasteiger partial charge in [-0.3, -0.25) is 0 Å². The average molecular weight is 134 g/mol. The third-order valence-corrected chi connectivity index (χ3v) is 1.02. The zero-order chi connectivity index (χ0) is 7.44. The molecule has 0 spiro atoms. The van der Waals surface area contributed by atoms with Gasteiger partial charge in [0.15, 0.2) is 0 Å². The summed E-state index contributed by atoms with van der Waals surface area (Å²) in [6.07, 6.45) is -1.24. The fourth-order valence-electron chi connectivity index (χ4n) is 0.306. The molecule has 3 N–H and O–H groups in total. The quantitative estimate of drug-likeness (QED) is 0.421. The molecule has 0 aromatic rings. The van der Waals surface area contributed by atoms with E-state index in [9.17, 15) is 0 Å². The Hall–Kier alpha value is -0.0951. The second-order valence-electron chi connectivity index (χ2n) is 1.91. The first kappa shape index (κ1) is 8.90. The number of aliphatic hydroxyl groups is 1. The lowest BCUT2D eigenvalue weighted by Gasteiger charge is -2.14. The molecule has 5 heteroatoms. The smallest absolute Gasteiger partial charge is 0.402 e. The lowest BCUT2D eigenvalue weighted by Crippen LogP contribution is -2.30.